The topological polar surface area (TPSA) is 64.1 Å². The first-order valence-corrected chi connectivity index (χ1v) is 2.63. The van der Waals surface area contributed by atoms with Gasteiger partial charge in [-0.15, -0.1) is 12.4 Å². The summed E-state index contributed by atoms with van der Waals surface area (Å²) in [4.78, 5) is 0. The quantitative estimate of drug-likeness (QED) is 0.609. The number of nitrogens with two attached hydrogens (primary N) is 1. The van der Waals surface area contributed by atoms with Gasteiger partial charge in [-0.2, -0.15) is 5.10 Å². The molecule has 0 unspecified atom stereocenters. The number of aryl methyl sites for hydroxylation is 1. The number of hydrogen-bond donors (Lipinski definition) is 2. The second kappa shape index (κ2) is 3.43. The molecule has 10 heavy (non-hydrogen) atoms. The van der Waals surface area contributed by atoms with E-state index in [1.165, 1.54) is 4.68 Å². The van der Waals surface area contributed by atoms with E-state index in [1.807, 2.05) is 0 Å². The average Bonchev–Trinajstić information content (AvgIpc) is 2.13. The van der Waals surface area contributed by atoms with Crippen molar-refractivity contribution in [3.05, 3.63) is 11.8 Å². The summed E-state index contributed by atoms with van der Waals surface area (Å²) in [5.74, 6) is 0.569. The van der Waals surface area contributed by atoms with Crippen LogP contribution in [0.5, 0.6) is 0 Å². The van der Waals surface area contributed by atoms with Crippen molar-refractivity contribution in [3.8, 4) is 0 Å². The van der Waals surface area contributed by atoms with Crippen LogP contribution < -0.4 is 5.73 Å². The van der Waals surface area contributed by atoms with Crippen molar-refractivity contribution in [2.45, 2.75) is 6.61 Å². The Kier molecular flexibility index (Phi) is 3.18. The van der Waals surface area contributed by atoms with Crippen molar-refractivity contribution in [2.24, 2.45) is 7.05 Å². The Labute approximate surface area is 65.1 Å². The monoisotopic (exact) mass is 163 g/mol. The number of rotatable bonds is 1. The molecule has 0 saturated carbocycles. The molecule has 0 aliphatic rings. The third-order valence-corrected chi connectivity index (χ3v) is 1.13. The van der Waals surface area contributed by atoms with Crippen LogP contribution in [0, 0.1) is 0 Å². The summed E-state index contributed by atoms with van der Waals surface area (Å²) < 4.78 is 1.52. The van der Waals surface area contributed by atoms with Crippen LogP contribution >= 0.6 is 12.4 Å². The van der Waals surface area contributed by atoms with Crippen LogP contribution in [0.2, 0.25) is 0 Å². The maximum Gasteiger partial charge on any atom is 0.121 e. The average molecular weight is 164 g/mol. The van der Waals surface area contributed by atoms with Crippen molar-refractivity contribution in [2.75, 3.05) is 5.73 Å². The molecular weight excluding hydrogens is 154 g/mol. The minimum absolute atomic E-state index is 0. The molecule has 0 aromatic carbocycles. The molecule has 0 amide bonds. The number of nitrogens with zero attached hydrogens (tertiary/aromatic N) is 2. The van der Waals surface area contributed by atoms with E-state index in [0.29, 0.717) is 11.5 Å². The van der Waals surface area contributed by atoms with Gasteiger partial charge in [0.05, 0.1) is 12.3 Å². The predicted molar refractivity (Wildman–Crippen MR) is 40.8 cm³/mol. The summed E-state index contributed by atoms with van der Waals surface area (Å²) in [5.41, 5.74) is 6.01. The van der Waals surface area contributed by atoms with E-state index in [4.69, 9.17) is 10.8 Å². The summed E-state index contributed by atoms with van der Waals surface area (Å²) in [6, 6.07) is 1.64. The number of hydrogen-bond acceptors (Lipinski definition) is 3. The molecule has 4 nitrogen and oxygen atoms in total. The lowest BCUT2D eigenvalue weighted by Gasteiger charge is -1.88. The van der Waals surface area contributed by atoms with E-state index >= 15 is 0 Å². The minimum atomic E-state index is -0.0506. The Bertz CT molecular complexity index is 191. The van der Waals surface area contributed by atoms with Crippen molar-refractivity contribution in [1.82, 2.24) is 9.78 Å². The lowest BCUT2D eigenvalue weighted by atomic mass is 10.4. The van der Waals surface area contributed by atoms with Gasteiger partial charge in [0.2, 0.25) is 0 Å². The number of aliphatic hydroxyl groups excluding tert-OH is 1. The fourth-order valence-electron chi connectivity index (χ4n) is 0.621. The lowest BCUT2D eigenvalue weighted by Crippen LogP contribution is -1.96. The van der Waals surface area contributed by atoms with Gasteiger partial charge in [0.15, 0.2) is 0 Å². The Morgan fingerprint density at radius 3 is 2.60 bits per heavy atom. The van der Waals surface area contributed by atoms with Gasteiger partial charge in [-0.1, -0.05) is 0 Å². The van der Waals surface area contributed by atoms with E-state index < -0.39 is 0 Å². The van der Waals surface area contributed by atoms with E-state index in [1.54, 1.807) is 13.1 Å². The Hall–Kier alpha value is -0.740. The molecule has 1 rings (SSSR count). The summed E-state index contributed by atoms with van der Waals surface area (Å²) >= 11 is 0. The zero-order chi connectivity index (χ0) is 6.85. The highest BCUT2D eigenvalue weighted by Gasteiger charge is 1.97. The third-order valence-electron chi connectivity index (χ3n) is 1.13. The second-order valence-electron chi connectivity index (χ2n) is 1.84. The number of anilines is 1. The molecular formula is C5H10ClN3O. The molecule has 58 valence electrons. The highest BCUT2D eigenvalue weighted by Crippen LogP contribution is 2.02. The van der Waals surface area contributed by atoms with Gasteiger partial charge in [-0.05, 0) is 0 Å². The largest absolute Gasteiger partial charge is 0.390 e. The van der Waals surface area contributed by atoms with Gasteiger partial charge in [0.25, 0.3) is 0 Å². The summed E-state index contributed by atoms with van der Waals surface area (Å²) in [6.07, 6.45) is 0. The molecule has 0 atom stereocenters. The van der Waals surface area contributed by atoms with Gasteiger partial charge in [0, 0.05) is 13.1 Å². The number of nitrogen functional groups attached to an aromatic ring is 1. The van der Waals surface area contributed by atoms with Crippen LogP contribution in [-0.4, -0.2) is 14.9 Å². The minimum Gasteiger partial charge on any atom is -0.390 e. The number of aromatic nitrogens is 2. The Morgan fingerprint density at radius 2 is 2.40 bits per heavy atom. The number of halogens is 1. The smallest absolute Gasteiger partial charge is 0.121 e. The molecule has 0 aliphatic carbocycles. The van der Waals surface area contributed by atoms with Crippen LogP contribution in [0.4, 0.5) is 5.82 Å². The van der Waals surface area contributed by atoms with Crippen LogP contribution in [0.3, 0.4) is 0 Å². The molecule has 0 bridgehead atoms. The zero-order valence-corrected chi connectivity index (χ0v) is 6.43. The summed E-state index contributed by atoms with van der Waals surface area (Å²) in [7, 11) is 1.73. The van der Waals surface area contributed by atoms with E-state index in [2.05, 4.69) is 5.10 Å². The van der Waals surface area contributed by atoms with Crippen molar-refractivity contribution < 1.29 is 5.11 Å². The van der Waals surface area contributed by atoms with Gasteiger partial charge in [-0.3, -0.25) is 4.68 Å². The van der Waals surface area contributed by atoms with Crippen LogP contribution in [0.1, 0.15) is 5.69 Å². The first kappa shape index (κ1) is 9.26. The lowest BCUT2D eigenvalue weighted by molar-refractivity contribution is 0.275. The normalized spacial score (nSPS) is 9.00. The van der Waals surface area contributed by atoms with Crippen molar-refractivity contribution in [1.29, 1.82) is 0 Å². The molecule has 1 aromatic rings. The van der Waals surface area contributed by atoms with Crippen LogP contribution in [0.25, 0.3) is 0 Å². The zero-order valence-electron chi connectivity index (χ0n) is 5.61. The molecule has 3 N–H and O–H groups in total. The van der Waals surface area contributed by atoms with Crippen LogP contribution in [0.15, 0.2) is 6.07 Å². The van der Waals surface area contributed by atoms with Crippen molar-refractivity contribution >= 4 is 18.2 Å². The first-order valence-electron chi connectivity index (χ1n) is 2.63. The third kappa shape index (κ3) is 1.62. The van der Waals surface area contributed by atoms with E-state index in [0.717, 1.165) is 0 Å². The molecule has 5 heteroatoms. The van der Waals surface area contributed by atoms with Gasteiger partial charge in [-0.25, -0.2) is 0 Å². The van der Waals surface area contributed by atoms with Gasteiger partial charge in [0.1, 0.15) is 5.82 Å². The Morgan fingerprint density at radius 1 is 1.80 bits per heavy atom. The molecule has 1 aromatic heterocycles. The molecule has 0 radical (unpaired) electrons. The van der Waals surface area contributed by atoms with Crippen LogP contribution in [-0.2, 0) is 13.7 Å². The fourth-order valence-corrected chi connectivity index (χ4v) is 0.621. The highest BCUT2D eigenvalue weighted by molar-refractivity contribution is 5.85. The molecule has 1 heterocycles. The molecule has 0 spiro atoms. The standard InChI is InChI=1S/C5H9N3O.ClH/c1-8-5(6)2-4(3-9)7-8;/h2,9H,3,6H2,1H3;1H. The van der Waals surface area contributed by atoms with Gasteiger partial charge < -0.3 is 10.8 Å². The maximum atomic E-state index is 8.54. The fraction of sp³-hybridized carbons (Fsp3) is 0.400. The second-order valence-corrected chi connectivity index (χ2v) is 1.84. The highest BCUT2D eigenvalue weighted by atomic mass is 35.5. The maximum absolute atomic E-state index is 8.54. The summed E-state index contributed by atoms with van der Waals surface area (Å²) in [6.45, 7) is -0.0506. The number of aliphatic hydroxyl groups is 1. The van der Waals surface area contributed by atoms with Crippen molar-refractivity contribution in [3.63, 3.8) is 0 Å². The van der Waals surface area contributed by atoms with E-state index in [-0.39, 0.29) is 19.0 Å². The molecule has 0 saturated heterocycles. The van der Waals surface area contributed by atoms with Gasteiger partial charge >= 0.3 is 0 Å². The predicted octanol–water partition coefficient (Wildman–Crippen LogP) is -0.0836. The SMILES string of the molecule is Cl.Cn1nc(CO)cc1N. The van der Waals surface area contributed by atoms with E-state index in [9.17, 15) is 0 Å². The molecule has 0 aliphatic heterocycles. The summed E-state index contributed by atoms with van der Waals surface area (Å²) in [5, 5.41) is 12.4. The first-order chi connectivity index (χ1) is 4.24. The Balaban J connectivity index is 0.000000810. The molecule has 0 fully saturated rings.